The SMILES string of the molecule is CC(C)(C)OC(=O)N[C@@H](Cc1ccc(OC(=O)C(C)(C)C)c(OC(=O)C(C)(C)C)c1)C(N)=O. The molecule has 1 aromatic carbocycles. The number of carbonyl (C=O) groups excluding carboxylic acids is 4. The van der Waals surface area contributed by atoms with E-state index >= 15 is 0 Å². The van der Waals surface area contributed by atoms with E-state index in [1.165, 1.54) is 12.1 Å². The second kappa shape index (κ2) is 10.2. The molecule has 2 amide bonds. The summed E-state index contributed by atoms with van der Waals surface area (Å²) < 4.78 is 16.1. The summed E-state index contributed by atoms with van der Waals surface area (Å²) in [6.45, 7) is 15.2. The lowest BCUT2D eigenvalue weighted by atomic mass is 9.97. The molecule has 1 rings (SSSR count). The number of hydrogen-bond acceptors (Lipinski definition) is 7. The lowest BCUT2D eigenvalue weighted by Gasteiger charge is -2.23. The molecule has 1 aromatic rings. The Morgan fingerprint density at radius 1 is 0.848 bits per heavy atom. The van der Waals surface area contributed by atoms with Crippen LogP contribution in [0.3, 0.4) is 0 Å². The Kier molecular flexibility index (Phi) is 8.66. The van der Waals surface area contributed by atoms with Crippen molar-refractivity contribution in [3.8, 4) is 11.5 Å². The molecule has 0 fully saturated rings. The highest BCUT2D eigenvalue weighted by atomic mass is 16.6. The van der Waals surface area contributed by atoms with Gasteiger partial charge in [-0.15, -0.1) is 0 Å². The molecular weight excluding hydrogens is 428 g/mol. The smallest absolute Gasteiger partial charge is 0.408 e. The molecule has 0 spiro atoms. The summed E-state index contributed by atoms with van der Waals surface area (Å²) in [4.78, 5) is 48.9. The number of hydrogen-bond donors (Lipinski definition) is 2. The largest absolute Gasteiger partial charge is 0.444 e. The molecule has 0 bridgehead atoms. The maximum atomic E-state index is 12.5. The quantitative estimate of drug-likeness (QED) is 0.486. The molecule has 3 N–H and O–H groups in total. The Morgan fingerprint density at radius 3 is 1.76 bits per heavy atom. The van der Waals surface area contributed by atoms with Crippen LogP contribution in [-0.2, 0) is 25.5 Å². The van der Waals surface area contributed by atoms with Crippen molar-refractivity contribution in [1.82, 2.24) is 5.32 Å². The van der Waals surface area contributed by atoms with Crippen LogP contribution in [0.4, 0.5) is 4.79 Å². The Morgan fingerprint density at radius 2 is 1.33 bits per heavy atom. The number of amides is 2. The fourth-order valence-electron chi connectivity index (χ4n) is 2.26. The van der Waals surface area contributed by atoms with Crippen LogP contribution in [0.25, 0.3) is 0 Å². The molecule has 0 saturated heterocycles. The fourth-order valence-corrected chi connectivity index (χ4v) is 2.26. The Hall–Kier alpha value is -3.10. The van der Waals surface area contributed by atoms with Gasteiger partial charge in [0.2, 0.25) is 5.91 Å². The summed E-state index contributed by atoms with van der Waals surface area (Å²) in [7, 11) is 0. The van der Waals surface area contributed by atoms with Crippen molar-refractivity contribution in [2.24, 2.45) is 16.6 Å². The van der Waals surface area contributed by atoms with Crippen molar-refractivity contribution in [3.05, 3.63) is 23.8 Å². The molecule has 0 radical (unpaired) electrons. The number of primary amides is 1. The van der Waals surface area contributed by atoms with Crippen LogP contribution in [0.15, 0.2) is 18.2 Å². The number of carbonyl (C=O) groups is 4. The Balaban J connectivity index is 3.23. The fraction of sp³-hybridized carbons (Fsp3) is 0.583. The lowest BCUT2D eigenvalue weighted by Crippen LogP contribution is -2.47. The van der Waals surface area contributed by atoms with Crippen molar-refractivity contribution in [2.45, 2.75) is 80.4 Å². The van der Waals surface area contributed by atoms with E-state index in [0.717, 1.165) is 0 Å². The first-order valence-electron chi connectivity index (χ1n) is 10.7. The van der Waals surface area contributed by atoms with Gasteiger partial charge in [-0.3, -0.25) is 14.4 Å². The van der Waals surface area contributed by atoms with Crippen molar-refractivity contribution >= 4 is 23.9 Å². The van der Waals surface area contributed by atoms with Gasteiger partial charge in [0, 0.05) is 6.42 Å². The van der Waals surface area contributed by atoms with Crippen LogP contribution in [0.2, 0.25) is 0 Å². The summed E-state index contributed by atoms with van der Waals surface area (Å²) in [5.74, 6) is -1.73. The third-order valence-corrected chi connectivity index (χ3v) is 4.11. The van der Waals surface area contributed by atoms with E-state index in [1.54, 1.807) is 68.4 Å². The summed E-state index contributed by atoms with van der Waals surface area (Å²) in [6.07, 6.45) is -0.788. The normalized spacial score (nSPS) is 13.0. The van der Waals surface area contributed by atoms with Crippen LogP contribution in [0.5, 0.6) is 11.5 Å². The minimum Gasteiger partial charge on any atom is -0.444 e. The summed E-state index contributed by atoms with van der Waals surface area (Å²) >= 11 is 0. The third-order valence-electron chi connectivity index (χ3n) is 4.11. The van der Waals surface area contributed by atoms with Gasteiger partial charge < -0.3 is 25.3 Å². The van der Waals surface area contributed by atoms with Gasteiger partial charge in [0.1, 0.15) is 11.6 Å². The van der Waals surface area contributed by atoms with Gasteiger partial charge in [0.05, 0.1) is 10.8 Å². The summed E-state index contributed by atoms with van der Waals surface area (Å²) in [6, 6.07) is 3.46. The van der Waals surface area contributed by atoms with E-state index < -0.39 is 46.4 Å². The number of nitrogens with one attached hydrogen (secondary N) is 1. The first-order valence-corrected chi connectivity index (χ1v) is 10.7. The Labute approximate surface area is 195 Å². The van der Waals surface area contributed by atoms with E-state index in [9.17, 15) is 19.2 Å². The maximum Gasteiger partial charge on any atom is 0.408 e. The standard InChI is InChI=1S/C24H36N2O7/c1-22(2,3)19(28)31-16-11-10-14(13-17(16)32-20(29)23(4,5)6)12-15(18(25)27)26-21(30)33-24(7,8)9/h10-11,13,15H,12H2,1-9H3,(H2,25,27)(H,26,30)/t15-/m0/s1. The maximum absolute atomic E-state index is 12.5. The average Bonchev–Trinajstić information content (AvgIpc) is 2.59. The van der Waals surface area contributed by atoms with Crippen LogP contribution in [0, 0.1) is 10.8 Å². The van der Waals surface area contributed by atoms with Crippen molar-refractivity contribution in [1.29, 1.82) is 0 Å². The van der Waals surface area contributed by atoms with Crippen LogP contribution in [-0.4, -0.2) is 35.6 Å². The second-order valence-electron chi connectivity index (χ2n) is 10.9. The van der Waals surface area contributed by atoms with Gasteiger partial charge in [-0.2, -0.15) is 0 Å². The molecule has 1 atom stereocenters. The molecule has 0 saturated carbocycles. The van der Waals surface area contributed by atoms with Crippen LogP contribution in [0.1, 0.15) is 67.9 Å². The molecular formula is C24H36N2O7. The summed E-state index contributed by atoms with van der Waals surface area (Å²) in [5.41, 5.74) is 3.63. The van der Waals surface area contributed by atoms with Crippen LogP contribution >= 0.6 is 0 Å². The number of benzene rings is 1. The van der Waals surface area contributed by atoms with Gasteiger partial charge in [0.25, 0.3) is 0 Å². The van der Waals surface area contributed by atoms with Gasteiger partial charge in [-0.05, 0) is 80.0 Å². The topological polar surface area (TPSA) is 134 Å². The van der Waals surface area contributed by atoms with E-state index in [4.69, 9.17) is 19.9 Å². The third kappa shape index (κ3) is 9.51. The van der Waals surface area contributed by atoms with E-state index in [-0.39, 0.29) is 17.9 Å². The monoisotopic (exact) mass is 464 g/mol. The van der Waals surface area contributed by atoms with Crippen molar-refractivity contribution in [3.63, 3.8) is 0 Å². The van der Waals surface area contributed by atoms with Gasteiger partial charge >= 0.3 is 18.0 Å². The molecule has 0 aliphatic rings. The van der Waals surface area contributed by atoms with E-state index in [2.05, 4.69) is 5.32 Å². The van der Waals surface area contributed by atoms with Gasteiger partial charge in [-0.25, -0.2) is 4.79 Å². The zero-order chi connectivity index (χ0) is 25.8. The average molecular weight is 465 g/mol. The minimum absolute atomic E-state index is 0.00212. The zero-order valence-corrected chi connectivity index (χ0v) is 21.0. The molecule has 9 nitrogen and oxygen atoms in total. The highest BCUT2D eigenvalue weighted by Gasteiger charge is 2.29. The molecule has 0 unspecified atom stereocenters. The first kappa shape index (κ1) is 27.9. The highest BCUT2D eigenvalue weighted by molar-refractivity contribution is 5.85. The van der Waals surface area contributed by atoms with E-state index in [0.29, 0.717) is 5.56 Å². The lowest BCUT2D eigenvalue weighted by molar-refractivity contribution is -0.145. The predicted octanol–water partition coefficient (Wildman–Crippen LogP) is 3.51. The number of esters is 2. The molecule has 0 aliphatic carbocycles. The highest BCUT2D eigenvalue weighted by Crippen LogP contribution is 2.33. The predicted molar refractivity (Wildman–Crippen MR) is 123 cm³/mol. The number of rotatable bonds is 6. The van der Waals surface area contributed by atoms with E-state index in [1.807, 2.05) is 0 Å². The molecule has 184 valence electrons. The molecule has 0 heterocycles. The second-order valence-corrected chi connectivity index (χ2v) is 10.9. The van der Waals surface area contributed by atoms with Crippen LogP contribution < -0.4 is 20.5 Å². The van der Waals surface area contributed by atoms with Gasteiger partial charge in [0.15, 0.2) is 11.5 Å². The van der Waals surface area contributed by atoms with Crippen molar-refractivity contribution in [2.75, 3.05) is 0 Å². The molecule has 33 heavy (non-hydrogen) atoms. The zero-order valence-electron chi connectivity index (χ0n) is 21.0. The number of alkyl carbamates (subject to hydrolysis) is 1. The number of ether oxygens (including phenoxy) is 3. The Bertz CT molecular complexity index is 903. The van der Waals surface area contributed by atoms with Gasteiger partial charge in [-0.1, -0.05) is 6.07 Å². The summed E-state index contributed by atoms with van der Waals surface area (Å²) in [5, 5.41) is 2.44. The number of nitrogens with two attached hydrogens (primary N) is 1. The minimum atomic E-state index is -1.08. The molecule has 9 heteroatoms. The first-order chi connectivity index (χ1) is 14.8. The molecule has 0 aromatic heterocycles. The molecule has 0 aliphatic heterocycles. The van der Waals surface area contributed by atoms with Crippen molar-refractivity contribution < 1.29 is 33.4 Å².